The molecule has 0 spiro atoms. The van der Waals surface area contributed by atoms with E-state index < -0.39 is 12.5 Å². The Labute approximate surface area is 162 Å². The molecule has 2 aromatic carbocycles. The number of amides is 1. The number of benzene rings is 2. The molecular weight excluding hydrogens is 393 g/mol. The number of alkyl halides is 2. The second-order valence-electron chi connectivity index (χ2n) is 5.60. The van der Waals surface area contributed by atoms with E-state index in [9.17, 15) is 18.0 Å². The first-order chi connectivity index (χ1) is 13.5. The molecule has 0 aliphatic rings. The Hall–Kier alpha value is -3.07. The standard InChI is InChI=1S/C19H15F3N2O3S/c1-26-15-4-2-3-14(16(15)27-18(21)22)17(25)24-19-23-10-13(28-19)9-11-5-7-12(20)8-6-11/h2-8,10,18H,9H2,1H3,(H,23,24,25). The molecule has 0 radical (unpaired) electrons. The van der Waals surface area contributed by atoms with Gasteiger partial charge in [-0.1, -0.05) is 18.2 Å². The average molecular weight is 408 g/mol. The number of para-hydroxylation sites is 1. The first-order valence-corrected chi connectivity index (χ1v) is 8.90. The molecule has 0 fully saturated rings. The Balaban J connectivity index is 1.75. The third kappa shape index (κ3) is 4.80. The first-order valence-electron chi connectivity index (χ1n) is 8.08. The second kappa shape index (κ2) is 8.75. The smallest absolute Gasteiger partial charge is 0.387 e. The summed E-state index contributed by atoms with van der Waals surface area (Å²) in [4.78, 5) is 17.5. The van der Waals surface area contributed by atoms with Gasteiger partial charge in [0.15, 0.2) is 16.6 Å². The van der Waals surface area contributed by atoms with Crippen molar-refractivity contribution in [2.45, 2.75) is 13.0 Å². The molecule has 28 heavy (non-hydrogen) atoms. The quantitative estimate of drug-likeness (QED) is 0.614. The second-order valence-corrected chi connectivity index (χ2v) is 6.72. The summed E-state index contributed by atoms with van der Waals surface area (Å²) in [5.74, 6) is -1.30. The van der Waals surface area contributed by atoms with Gasteiger partial charge in [0.05, 0.1) is 12.7 Å². The lowest BCUT2D eigenvalue weighted by Gasteiger charge is -2.13. The van der Waals surface area contributed by atoms with E-state index in [1.54, 1.807) is 18.3 Å². The van der Waals surface area contributed by atoms with E-state index in [-0.39, 0.29) is 22.9 Å². The largest absolute Gasteiger partial charge is 0.493 e. The maximum atomic E-state index is 13.0. The summed E-state index contributed by atoms with van der Waals surface area (Å²) < 4.78 is 47.8. The van der Waals surface area contributed by atoms with E-state index in [1.807, 2.05) is 0 Å². The third-order valence-corrected chi connectivity index (χ3v) is 4.63. The molecule has 146 valence electrons. The minimum absolute atomic E-state index is 0.0177. The van der Waals surface area contributed by atoms with Crippen molar-refractivity contribution in [2.24, 2.45) is 0 Å². The summed E-state index contributed by atoms with van der Waals surface area (Å²) in [5.41, 5.74) is 0.790. The number of hydrogen-bond acceptors (Lipinski definition) is 5. The van der Waals surface area contributed by atoms with Crippen LogP contribution in [0.5, 0.6) is 11.5 Å². The molecule has 3 aromatic rings. The lowest BCUT2D eigenvalue weighted by Crippen LogP contribution is -2.15. The van der Waals surface area contributed by atoms with Crippen LogP contribution in [0.1, 0.15) is 20.8 Å². The van der Waals surface area contributed by atoms with E-state index in [2.05, 4.69) is 15.0 Å². The first kappa shape index (κ1) is 19.7. The molecule has 0 unspecified atom stereocenters. The normalized spacial score (nSPS) is 10.8. The number of halogens is 3. The molecule has 0 aliphatic carbocycles. The highest BCUT2D eigenvalue weighted by Gasteiger charge is 2.21. The summed E-state index contributed by atoms with van der Waals surface area (Å²) in [6, 6.07) is 10.3. The van der Waals surface area contributed by atoms with Gasteiger partial charge in [-0.3, -0.25) is 10.1 Å². The lowest BCUT2D eigenvalue weighted by molar-refractivity contribution is -0.0515. The molecular formula is C19H15F3N2O3S. The van der Waals surface area contributed by atoms with Crippen LogP contribution < -0.4 is 14.8 Å². The van der Waals surface area contributed by atoms with E-state index in [1.165, 1.54) is 48.8 Å². The van der Waals surface area contributed by atoms with Gasteiger partial charge in [0.25, 0.3) is 5.91 Å². The van der Waals surface area contributed by atoms with Gasteiger partial charge in [-0.25, -0.2) is 9.37 Å². The molecule has 1 aromatic heterocycles. The number of rotatable bonds is 7. The van der Waals surface area contributed by atoms with Crippen LogP contribution >= 0.6 is 11.3 Å². The number of carbonyl (C=O) groups is 1. The summed E-state index contributed by atoms with van der Waals surface area (Å²) in [7, 11) is 1.29. The Bertz CT molecular complexity index is 961. The van der Waals surface area contributed by atoms with Crippen LogP contribution in [-0.2, 0) is 6.42 Å². The number of ether oxygens (including phenoxy) is 2. The van der Waals surface area contributed by atoms with E-state index in [0.29, 0.717) is 11.6 Å². The number of thiazole rings is 1. The molecule has 1 amide bonds. The minimum Gasteiger partial charge on any atom is -0.493 e. The predicted octanol–water partition coefficient (Wildman–Crippen LogP) is 4.74. The van der Waals surface area contributed by atoms with Gasteiger partial charge in [0.1, 0.15) is 5.82 Å². The van der Waals surface area contributed by atoms with Gasteiger partial charge in [0, 0.05) is 17.5 Å². The molecule has 1 heterocycles. The van der Waals surface area contributed by atoms with Gasteiger partial charge in [-0.05, 0) is 29.8 Å². The van der Waals surface area contributed by atoms with Gasteiger partial charge >= 0.3 is 6.61 Å². The molecule has 0 bridgehead atoms. The molecule has 3 rings (SSSR count). The van der Waals surface area contributed by atoms with Crippen LogP contribution in [-0.4, -0.2) is 24.6 Å². The van der Waals surface area contributed by atoms with Crippen molar-refractivity contribution in [1.29, 1.82) is 0 Å². The zero-order chi connectivity index (χ0) is 20.1. The van der Waals surface area contributed by atoms with Crippen molar-refractivity contribution < 1.29 is 27.4 Å². The SMILES string of the molecule is COc1cccc(C(=O)Nc2ncc(Cc3ccc(F)cc3)s2)c1OC(F)F. The van der Waals surface area contributed by atoms with Crippen LogP contribution in [0, 0.1) is 5.82 Å². The maximum Gasteiger partial charge on any atom is 0.387 e. The number of nitrogens with one attached hydrogen (secondary N) is 1. The number of aromatic nitrogens is 1. The van der Waals surface area contributed by atoms with E-state index in [0.717, 1.165) is 10.4 Å². The third-order valence-electron chi connectivity index (χ3n) is 3.72. The zero-order valence-corrected chi connectivity index (χ0v) is 15.4. The summed E-state index contributed by atoms with van der Waals surface area (Å²) >= 11 is 1.23. The Morgan fingerprint density at radius 1 is 1.21 bits per heavy atom. The van der Waals surface area contributed by atoms with Gasteiger partial charge in [-0.15, -0.1) is 11.3 Å². The summed E-state index contributed by atoms with van der Waals surface area (Å²) in [5, 5.41) is 2.87. The maximum absolute atomic E-state index is 13.0. The van der Waals surface area contributed by atoms with Crippen molar-refractivity contribution in [3.05, 3.63) is 70.5 Å². The molecule has 0 saturated heterocycles. The van der Waals surface area contributed by atoms with E-state index in [4.69, 9.17) is 4.74 Å². The minimum atomic E-state index is -3.11. The number of hydrogen-bond donors (Lipinski definition) is 1. The van der Waals surface area contributed by atoms with Crippen molar-refractivity contribution in [2.75, 3.05) is 12.4 Å². The highest BCUT2D eigenvalue weighted by molar-refractivity contribution is 7.15. The molecule has 0 saturated carbocycles. The zero-order valence-electron chi connectivity index (χ0n) is 14.6. The average Bonchev–Trinajstić information content (AvgIpc) is 3.10. The van der Waals surface area contributed by atoms with Crippen LogP contribution in [0.3, 0.4) is 0 Å². The molecule has 1 N–H and O–H groups in total. The molecule has 9 heteroatoms. The van der Waals surface area contributed by atoms with Crippen molar-refractivity contribution in [3.8, 4) is 11.5 Å². The van der Waals surface area contributed by atoms with Gasteiger partial charge in [0.2, 0.25) is 0 Å². The fourth-order valence-electron chi connectivity index (χ4n) is 2.48. The predicted molar refractivity (Wildman–Crippen MR) is 98.9 cm³/mol. The Morgan fingerprint density at radius 2 is 1.96 bits per heavy atom. The summed E-state index contributed by atoms with van der Waals surface area (Å²) in [6.45, 7) is -3.11. The topological polar surface area (TPSA) is 60.5 Å². The van der Waals surface area contributed by atoms with Crippen LogP contribution in [0.15, 0.2) is 48.7 Å². The molecule has 5 nitrogen and oxygen atoms in total. The van der Waals surface area contributed by atoms with E-state index >= 15 is 0 Å². The fraction of sp³-hybridized carbons (Fsp3) is 0.158. The van der Waals surface area contributed by atoms with Crippen LogP contribution in [0.2, 0.25) is 0 Å². The number of methoxy groups -OCH3 is 1. The van der Waals surface area contributed by atoms with Crippen molar-refractivity contribution in [3.63, 3.8) is 0 Å². The Kier molecular flexibility index (Phi) is 6.15. The lowest BCUT2D eigenvalue weighted by atomic mass is 10.1. The van der Waals surface area contributed by atoms with Crippen LogP contribution in [0.4, 0.5) is 18.3 Å². The molecule has 0 aliphatic heterocycles. The monoisotopic (exact) mass is 408 g/mol. The van der Waals surface area contributed by atoms with Crippen LogP contribution in [0.25, 0.3) is 0 Å². The fourth-order valence-corrected chi connectivity index (χ4v) is 3.32. The number of carbonyl (C=O) groups excluding carboxylic acids is 1. The van der Waals surface area contributed by atoms with Crippen molar-refractivity contribution >= 4 is 22.4 Å². The van der Waals surface area contributed by atoms with Gasteiger partial charge < -0.3 is 9.47 Å². The van der Waals surface area contributed by atoms with Crippen molar-refractivity contribution in [1.82, 2.24) is 4.98 Å². The highest BCUT2D eigenvalue weighted by Crippen LogP contribution is 2.33. The Morgan fingerprint density at radius 3 is 2.64 bits per heavy atom. The highest BCUT2D eigenvalue weighted by atomic mass is 32.1. The van der Waals surface area contributed by atoms with Gasteiger partial charge in [-0.2, -0.15) is 8.78 Å². The molecule has 0 atom stereocenters. The summed E-state index contributed by atoms with van der Waals surface area (Å²) in [6.07, 6.45) is 2.11. The number of nitrogens with zero attached hydrogens (tertiary/aromatic N) is 1. The number of anilines is 1.